The Morgan fingerprint density at radius 3 is 2.44 bits per heavy atom. The Bertz CT molecular complexity index is 1220. The molecule has 1 amide bonds. The number of amides is 1. The molecule has 0 unspecified atom stereocenters. The summed E-state index contributed by atoms with van der Waals surface area (Å²) < 4.78 is 10.9. The summed E-state index contributed by atoms with van der Waals surface area (Å²) >= 11 is 1.46. The molecule has 4 rings (SSSR count). The molecular formula is C28H31N3O4S. The lowest BCUT2D eigenvalue weighted by Gasteiger charge is -2.36. The van der Waals surface area contributed by atoms with Gasteiger partial charge < -0.3 is 19.3 Å². The maximum Gasteiger partial charge on any atom is 0.338 e. The molecule has 0 fully saturated rings. The van der Waals surface area contributed by atoms with E-state index in [0.29, 0.717) is 17.8 Å². The number of carbonyl (C=O) groups is 2. The first-order chi connectivity index (χ1) is 17.3. The van der Waals surface area contributed by atoms with Gasteiger partial charge in [0.15, 0.2) is 5.17 Å². The van der Waals surface area contributed by atoms with Crippen molar-refractivity contribution in [1.82, 2.24) is 9.80 Å². The van der Waals surface area contributed by atoms with Crippen LogP contribution < -0.4 is 4.74 Å². The Morgan fingerprint density at radius 1 is 1.11 bits per heavy atom. The first kappa shape index (κ1) is 25.6. The van der Waals surface area contributed by atoms with Crippen LogP contribution in [0.3, 0.4) is 0 Å². The third-order valence-corrected chi connectivity index (χ3v) is 6.90. The van der Waals surface area contributed by atoms with Crippen LogP contribution >= 0.6 is 11.8 Å². The summed E-state index contributed by atoms with van der Waals surface area (Å²) in [5, 5.41) is 2.69. The van der Waals surface area contributed by atoms with Crippen LogP contribution in [0.4, 0.5) is 0 Å². The van der Waals surface area contributed by atoms with Crippen molar-refractivity contribution in [3.63, 3.8) is 0 Å². The number of allylic oxidation sites excluding steroid dienone is 1. The Morgan fingerprint density at radius 2 is 1.81 bits per heavy atom. The summed E-state index contributed by atoms with van der Waals surface area (Å²) in [6, 6.07) is 17.0. The van der Waals surface area contributed by atoms with Gasteiger partial charge in [-0.2, -0.15) is 0 Å². The zero-order valence-electron chi connectivity index (χ0n) is 21.2. The van der Waals surface area contributed by atoms with Crippen molar-refractivity contribution < 1.29 is 19.1 Å². The molecule has 0 N–H and O–H groups in total. The van der Waals surface area contributed by atoms with E-state index in [1.807, 2.05) is 85.7 Å². The van der Waals surface area contributed by atoms with Crippen molar-refractivity contribution in [3.8, 4) is 5.75 Å². The quantitative estimate of drug-likeness (QED) is 0.455. The van der Waals surface area contributed by atoms with Gasteiger partial charge in [-0.3, -0.25) is 4.79 Å². The molecule has 2 aliphatic rings. The molecule has 0 aromatic heterocycles. The van der Waals surface area contributed by atoms with Crippen LogP contribution in [0.15, 0.2) is 82.0 Å². The monoisotopic (exact) mass is 505 g/mol. The van der Waals surface area contributed by atoms with Crippen molar-refractivity contribution in [3.05, 3.63) is 88.1 Å². The van der Waals surface area contributed by atoms with Gasteiger partial charge >= 0.3 is 5.97 Å². The number of amidine groups is 1. The van der Waals surface area contributed by atoms with Crippen LogP contribution in [0.1, 0.15) is 44.4 Å². The molecule has 0 bridgehead atoms. The number of aliphatic imine (C=N–C) groups is 1. The molecule has 0 saturated carbocycles. The summed E-state index contributed by atoms with van der Waals surface area (Å²) in [6.07, 6.45) is -0.0797. The smallest absolute Gasteiger partial charge is 0.338 e. The van der Waals surface area contributed by atoms with Gasteiger partial charge in [-0.15, -0.1) is 0 Å². The highest BCUT2D eigenvalue weighted by Gasteiger charge is 2.41. The van der Waals surface area contributed by atoms with E-state index in [9.17, 15) is 9.59 Å². The van der Waals surface area contributed by atoms with Crippen LogP contribution in [0.5, 0.6) is 5.75 Å². The molecule has 188 valence electrons. The SMILES string of the molecule is COc1ccc([C@@H]2C(C(=O)OC(C)C)=C(C)N=C3SC=C(CC(=O)N(C)Cc4ccccc4)N32)cc1. The summed E-state index contributed by atoms with van der Waals surface area (Å²) in [4.78, 5) is 34.9. The van der Waals surface area contributed by atoms with Crippen LogP contribution in [0, 0.1) is 0 Å². The number of esters is 1. The fraction of sp³-hybridized carbons (Fsp3) is 0.321. The normalized spacial score (nSPS) is 16.9. The fourth-order valence-electron chi connectivity index (χ4n) is 4.25. The van der Waals surface area contributed by atoms with Crippen molar-refractivity contribution in [2.24, 2.45) is 4.99 Å². The van der Waals surface area contributed by atoms with Crippen LogP contribution in [-0.2, 0) is 20.9 Å². The largest absolute Gasteiger partial charge is 0.497 e. The van der Waals surface area contributed by atoms with E-state index in [4.69, 9.17) is 14.5 Å². The van der Waals surface area contributed by atoms with Gasteiger partial charge in [-0.05, 0) is 49.4 Å². The van der Waals surface area contributed by atoms with E-state index in [2.05, 4.69) is 0 Å². The number of thioether (sulfide) groups is 1. The van der Waals surface area contributed by atoms with E-state index < -0.39 is 12.0 Å². The number of fused-ring (bicyclic) bond motifs is 1. The highest BCUT2D eigenvalue weighted by Crippen LogP contribution is 2.45. The summed E-state index contributed by atoms with van der Waals surface area (Å²) in [6.45, 7) is 6.00. The number of nitrogens with zero attached hydrogens (tertiary/aromatic N) is 3. The molecule has 1 atom stereocenters. The Labute approximate surface area is 216 Å². The maximum absolute atomic E-state index is 13.3. The minimum Gasteiger partial charge on any atom is -0.497 e. The number of hydrogen-bond acceptors (Lipinski definition) is 7. The fourth-order valence-corrected chi connectivity index (χ4v) is 5.21. The number of benzene rings is 2. The predicted molar refractivity (Wildman–Crippen MR) is 142 cm³/mol. The van der Waals surface area contributed by atoms with Gasteiger partial charge in [-0.1, -0.05) is 54.2 Å². The second kappa shape index (κ2) is 11.0. The molecular weight excluding hydrogens is 474 g/mol. The molecule has 0 saturated heterocycles. The third-order valence-electron chi connectivity index (χ3n) is 6.02. The van der Waals surface area contributed by atoms with E-state index in [-0.39, 0.29) is 18.4 Å². The van der Waals surface area contributed by atoms with E-state index >= 15 is 0 Å². The molecule has 2 aromatic carbocycles. The highest BCUT2D eigenvalue weighted by atomic mass is 32.2. The van der Waals surface area contributed by atoms with Crippen LogP contribution in [0.2, 0.25) is 0 Å². The summed E-state index contributed by atoms with van der Waals surface area (Å²) in [5.41, 5.74) is 3.83. The number of rotatable bonds is 8. The molecule has 2 heterocycles. The standard InChI is InChI=1S/C28H31N3O4S/c1-18(2)35-27(33)25-19(3)29-28-31(26(25)21-11-13-23(34-5)14-12-21)22(17-36-28)15-24(32)30(4)16-20-9-7-6-8-10-20/h6-14,17-18,26H,15-16H2,1-5H3/t26-/m1/s1. The molecule has 8 heteroatoms. The first-order valence-electron chi connectivity index (χ1n) is 11.9. The molecule has 0 spiro atoms. The summed E-state index contributed by atoms with van der Waals surface area (Å²) in [7, 11) is 3.42. The zero-order valence-corrected chi connectivity index (χ0v) is 22.0. The van der Waals surface area contributed by atoms with Gasteiger partial charge in [0, 0.05) is 19.3 Å². The maximum atomic E-state index is 13.3. The second-order valence-corrected chi connectivity index (χ2v) is 9.87. The first-order valence-corrected chi connectivity index (χ1v) is 12.7. The topological polar surface area (TPSA) is 71.4 Å². The van der Waals surface area contributed by atoms with Gasteiger partial charge in [-0.25, -0.2) is 9.79 Å². The van der Waals surface area contributed by atoms with Gasteiger partial charge in [0.05, 0.1) is 36.9 Å². The van der Waals surface area contributed by atoms with Crippen molar-refractivity contribution >= 4 is 28.8 Å². The number of ether oxygens (including phenoxy) is 2. The Balaban J connectivity index is 1.64. The third kappa shape index (κ3) is 5.49. The average Bonchev–Trinajstić information content (AvgIpc) is 3.25. The Hall–Kier alpha value is -3.52. The summed E-state index contributed by atoms with van der Waals surface area (Å²) in [5.74, 6) is 0.299. The second-order valence-electron chi connectivity index (χ2n) is 9.03. The lowest BCUT2D eigenvalue weighted by Crippen LogP contribution is -2.38. The zero-order chi connectivity index (χ0) is 25.8. The highest BCUT2D eigenvalue weighted by molar-refractivity contribution is 8.16. The van der Waals surface area contributed by atoms with Crippen LogP contribution in [-0.4, -0.2) is 47.1 Å². The van der Waals surface area contributed by atoms with Crippen molar-refractivity contribution in [1.29, 1.82) is 0 Å². The van der Waals surface area contributed by atoms with E-state index in [1.54, 1.807) is 19.1 Å². The minimum absolute atomic E-state index is 0.0157. The lowest BCUT2D eigenvalue weighted by atomic mass is 9.93. The number of hydrogen-bond donors (Lipinski definition) is 0. The van der Waals surface area contributed by atoms with Crippen molar-refractivity contribution in [2.45, 2.75) is 45.9 Å². The van der Waals surface area contributed by atoms with Gasteiger partial charge in [0.1, 0.15) is 5.75 Å². The molecule has 2 aliphatic heterocycles. The van der Waals surface area contributed by atoms with E-state index in [1.165, 1.54) is 11.8 Å². The lowest BCUT2D eigenvalue weighted by molar-refractivity contribution is -0.143. The molecule has 0 radical (unpaired) electrons. The predicted octanol–water partition coefficient (Wildman–Crippen LogP) is 5.27. The van der Waals surface area contributed by atoms with Gasteiger partial charge in [0.25, 0.3) is 0 Å². The molecule has 0 aliphatic carbocycles. The van der Waals surface area contributed by atoms with Gasteiger partial charge in [0.2, 0.25) is 5.91 Å². The molecule has 36 heavy (non-hydrogen) atoms. The minimum atomic E-state index is -0.469. The van der Waals surface area contributed by atoms with E-state index in [0.717, 1.165) is 27.7 Å². The number of carbonyl (C=O) groups excluding carboxylic acids is 2. The van der Waals surface area contributed by atoms with Crippen molar-refractivity contribution in [2.75, 3.05) is 14.2 Å². The molecule has 7 nitrogen and oxygen atoms in total. The van der Waals surface area contributed by atoms with Crippen LogP contribution in [0.25, 0.3) is 0 Å². The number of methoxy groups -OCH3 is 1. The Kier molecular flexibility index (Phi) is 7.84. The average molecular weight is 506 g/mol. The molecule has 2 aromatic rings.